The summed E-state index contributed by atoms with van der Waals surface area (Å²) >= 11 is 0. The fourth-order valence-corrected chi connectivity index (χ4v) is 3.24. The van der Waals surface area contributed by atoms with Crippen molar-refractivity contribution in [3.63, 3.8) is 0 Å². The maximum absolute atomic E-state index is 12.2. The van der Waals surface area contributed by atoms with Gasteiger partial charge in [-0.3, -0.25) is 14.4 Å². The number of hydrogen-bond acceptors (Lipinski definition) is 5. The lowest BCUT2D eigenvalue weighted by Gasteiger charge is -2.36. The van der Waals surface area contributed by atoms with Gasteiger partial charge in [0, 0.05) is 51.7 Å². The SMILES string of the molecule is COc1nn(C)cc1C(=O)NCCCN1CCN(c2ccccc2)CC1. The van der Waals surface area contributed by atoms with Crippen LogP contribution in [0.1, 0.15) is 16.8 Å². The number of nitrogens with one attached hydrogen (secondary N) is 1. The molecule has 7 nitrogen and oxygen atoms in total. The molecule has 1 aromatic carbocycles. The molecule has 26 heavy (non-hydrogen) atoms. The maximum atomic E-state index is 12.2. The Hall–Kier alpha value is -2.54. The van der Waals surface area contributed by atoms with Crippen LogP contribution in [0.5, 0.6) is 5.88 Å². The molecule has 0 saturated carbocycles. The second kappa shape index (κ2) is 8.71. The molecule has 2 aromatic rings. The average Bonchev–Trinajstić information content (AvgIpc) is 3.07. The lowest BCUT2D eigenvalue weighted by molar-refractivity contribution is 0.0948. The number of nitrogens with zero attached hydrogens (tertiary/aromatic N) is 4. The Balaban J connectivity index is 1.36. The molecule has 1 aliphatic rings. The van der Waals surface area contributed by atoms with Crippen molar-refractivity contribution in [3.05, 3.63) is 42.1 Å². The summed E-state index contributed by atoms with van der Waals surface area (Å²) in [4.78, 5) is 17.1. The van der Waals surface area contributed by atoms with Crippen molar-refractivity contribution < 1.29 is 9.53 Å². The molecule has 1 aromatic heterocycles. The van der Waals surface area contributed by atoms with Gasteiger partial charge in [-0.1, -0.05) is 18.2 Å². The highest BCUT2D eigenvalue weighted by atomic mass is 16.5. The van der Waals surface area contributed by atoms with Crippen LogP contribution in [0.25, 0.3) is 0 Å². The number of carbonyl (C=O) groups is 1. The first-order chi connectivity index (χ1) is 12.7. The number of carbonyl (C=O) groups excluding carboxylic acids is 1. The van der Waals surface area contributed by atoms with Crippen LogP contribution in [0.4, 0.5) is 5.69 Å². The van der Waals surface area contributed by atoms with Gasteiger partial charge in [0.05, 0.1) is 7.11 Å². The normalized spacial score (nSPS) is 15.1. The molecule has 1 amide bonds. The maximum Gasteiger partial charge on any atom is 0.258 e. The van der Waals surface area contributed by atoms with Gasteiger partial charge in [-0.2, -0.15) is 0 Å². The van der Waals surface area contributed by atoms with Gasteiger partial charge in [-0.25, -0.2) is 0 Å². The van der Waals surface area contributed by atoms with Crippen molar-refractivity contribution in [1.82, 2.24) is 20.0 Å². The van der Waals surface area contributed by atoms with E-state index in [0.29, 0.717) is 18.0 Å². The third-order valence-corrected chi connectivity index (χ3v) is 4.66. The molecule has 0 aliphatic carbocycles. The van der Waals surface area contributed by atoms with Crippen LogP contribution in [-0.4, -0.2) is 67.0 Å². The number of aromatic nitrogens is 2. The second-order valence-corrected chi connectivity index (χ2v) is 6.50. The fraction of sp³-hybridized carbons (Fsp3) is 0.474. The molecule has 1 N–H and O–H groups in total. The van der Waals surface area contributed by atoms with Crippen molar-refractivity contribution in [1.29, 1.82) is 0 Å². The minimum atomic E-state index is -0.135. The zero-order valence-corrected chi connectivity index (χ0v) is 15.5. The van der Waals surface area contributed by atoms with E-state index in [1.165, 1.54) is 12.8 Å². The molecule has 7 heteroatoms. The van der Waals surface area contributed by atoms with Crippen molar-refractivity contribution >= 4 is 11.6 Å². The van der Waals surface area contributed by atoms with Gasteiger partial charge in [0.25, 0.3) is 5.91 Å². The van der Waals surface area contributed by atoms with Gasteiger partial charge in [0.15, 0.2) is 0 Å². The first-order valence-corrected chi connectivity index (χ1v) is 9.05. The predicted octanol–water partition coefficient (Wildman–Crippen LogP) is 1.37. The number of piperazine rings is 1. The molecule has 0 atom stereocenters. The molecule has 3 rings (SSSR count). The number of rotatable bonds is 7. The van der Waals surface area contributed by atoms with E-state index in [-0.39, 0.29) is 5.91 Å². The quantitative estimate of drug-likeness (QED) is 0.759. The molecule has 0 spiro atoms. The number of para-hydroxylation sites is 1. The van der Waals surface area contributed by atoms with E-state index in [9.17, 15) is 4.79 Å². The Bertz CT molecular complexity index is 708. The van der Waals surface area contributed by atoms with Gasteiger partial charge in [-0.05, 0) is 25.1 Å². The Labute approximate surface area is 154 Å². The van der Waals surface area contributed by atoms with Crippen LogP contribution in [0.2, 0.25) is 0 Å². The van der Waals surface area contributed by atoms with Crippen LogP contribution in [0.3, 0.4) is 0 Å². The molecule has 0 unspecified atom stereocenters. The average molecular weight is 357 g/mol. The minimum Gasteiger partial charge on any atom is -0.479 e. The molecule has 1 saturated heterocycles. The van der Waals surface area contributed by atoms with Crippen LogP contribution in [0, 0.1) is 0 Å². The van der Waals surface area contributed by atoms with Gasteiger partial charge in [0.1, 0.15) is 5.56 Å². The van der Waals surface area contributed by atoms with Gasteiger partial charge < -0.3 is 15.0 Å². The zero-order chi connectivity index (χ0) is 18.4. The molecule has 0 bridgehead atoms. The number of aryl methyl sites for hydroxylation is 1. The lowest BCUT2D eigenvalue weighted by atomic mass is 10.2. The number of benzene rings is 1. The number of ether oxygens (including phenoxy) is 1. The standard InChI is InChI=1S/C19H27N5O2/c1-22-15-17(19(21-22)26-2)18(25)20-9-6-10-23-11-13-24(14-12-23)16-7-4-3-5-8-16/h3-5,7-8,15H,6,9-14H2,1-2H3,(H,20,25). The van der Waals surface area contributed by atoms with Crippen molar-refractivity contribution in [2.45, 2.75) is 6.42 Å². The molecular formula is C19H27N5O2. The highest BCUT2D eigenvalue weighted by molar-refractivity contribution is 5.96. The molecule has 1 fully saturated rings. The molecular weight excluding hydrogens is 330 g/mol. The number of anilines is 1. The van der Waals surface area contributed by atoms with E-state index in [1.807, 2.05) is 0 Å². The van der Waals surface area contributed by atoms with Crippen molar-refractivity contribution in [2.75, 3.05) is 51.3 Å². The molecule has 1 aliphatic heterocycles. The summed E-state index contributed by atoms with van der Waals surface area (Å²) < 4.78 is 6.71. The zero-order valence-electron chi connectivity index (χ0n) is 15.5. The predicted molar refractivity (Wildman–Crippen MR) is 102 cm³/mol. The number of hydrogen-bond donors (Lipinski definition) is 1. The fourth-order valence-electron chi connectivity index (χ4n) is 3.24. The molecule has 140 valence electrons. The summed E-state index contributed by atoms with van der Waals surface area (Å²) in [6, 6.07) is 10.5. The summed E-state index contributed by atoms with van der Waals surface area (Å²) in [7, 11) is 3.29. The summed E-state index contributed by atoms with van der Waals surface area (Å²) in [5.74, 6) is 0.228. The van der Waals surface area contributed by atoms with E-state index in [1.54, 1.807) is 17.9 Å². The minimum absolute atomic E-state index is 0.135. The summed E-state index contributed by atoms with van der Waals surface area (Å²) in [6.45, 7) is 5.84. The Morgan fingerprint density at radius 1 is 1.19 bits per heavy atom. The molecule has 0 radical (unpaired) electrons. The summed E-state index contributed by atoms with van der Waals surface area (Å²) in [5, 5.41) is 7.06. The smallest absolute Gasteiger partial charge is 0.258 e. The van der Waals surface area contributed by atoms with Gasteiger partial charge >= 0.3 is 0 Å². The Kier molecular flexibility index (Phi) is 6.12. The van der Waals surface area contributed by atoms with Gasteiger partial charge in [0.2, 0.25) is 5.88 Å². The Morgan fingerprint density at radius 2 is 1.92 bits per heavy atom. The van der Waals surface area contributed by atoms with E-state index in [4.69, 9.17) is 4.74 Å². The monoisotopic (exact) mass is 357 g/mol. The van der Waals surface area contributed by atoms with Crippen molar-refractivity contribution in [2.24, 2.45) is 7.05 Å². The Morgan fingerprint density at radius 3 is 2.62 bits per heavy atom. The van der Waals surface area contributed by atoms with Crippen LogP contribution in [0.15, 0.2) is 36.5 Å². The first kappa shape index (κ1) is 18.3. The van der Waals surface area contributed by atoms with E-state index >= 15 is 0 Å². The number of amides is 1. The van der Waals surface area contributed by atoms with Crippen LogP contribution in [-0.2, 0) is 7.05 Å². The number of methoxy groups -OCH3 is 1. The largest absolute Gasteiger partial charge is 0.479 e. The first-order valence-electron chi connectivity index (χ1n) is 9.05. The third-order valence-electron chi connectivity index (χ3n) is 4.66. The molecule has 2 heterocycles. The summed E-state index contributed by atoms with van der Waals surface area (Å²) in [6.07, 6.45) is 2.61. The second-order valence-electron chi connectivity index (χ2n) is 6.50. The van der Waals surface area contributed by atoms with E-state index in [2.05, 4.69) is 50.5 Å². The lowest BCUT2D eigenvalue weighted by Crippen LogP contribution is -2.47. The van der Waals surface area contributed by atoms with Crippen molar-refractivity contribution in [3.8, 4) is 5.88 Å². The topological polar surface area (TPSA) is 62.6 Å². The highest BCUT2D eigenvalue weighted by Crippen LogP contribution is 2.16. The van der Waals surface area contributed by atoms with E-state index < -0.39 is 0 Å². The van der Waals surface area contributed by atoms with E-state index in [0.717, 1.165) is 39.1 Å². The van der Waals surface area contributed by atoms with Crippen LogP contribution < -0.4 is 15.0 Å². The summed E-state index contributed by atoms with van der Waals surface area (Å²) in [5.41, 5.74) is 1.77. The third kappa shape index (κ3) is 4.54. The van der Waals surface area contributed by atoms with Crippen LogP contribution >= 0.6 is 0 Å². The highest BCUT2D eigenvalue weighted by Gasteiger charge is 2.18. The van der Waals surface area contributed by atoms with Gasteiger partial charge in [-0.15, -0.1) is 5.10 Å².